The number of nitrogens with zero attached hydrogens (tertiary/aromatic N) is 1. The fourth-order valence-corrected chi connectivity index (χ4v) is 1.85. The first-order chi connectivity index (χ1) is 8.22. The maximum atomic E-state index is 11.2. The second kappa shape index (κ2) is 5.25. The second-order valence-electron chi connectivity index (χ2n) is 4.32. The average molecular weight is 235 g/mol. The predicted molar refractivity (Wildman–Crippen MR) is 63.5 cm³/mol. The molecule has 5 nitrogen and oxygen atoms in total. The monoisotopic (exact) mass is 235 g/mol. The summed E-state index contributed by atoms with van der Waals surface area (Å²) in [5, 5.41) is 11.8. The van der Waals surface area contributed by atoms with Crippen LogP contribution in [0.2, 0.25) is 0 Å². The molecule has 0 atom stereocenters. The van der Waals surface area contributed by atoms with Crippen LogP contribution >= 0.6 is 0 Å². The largest absolute Gasteiger partial charge is 0.395 e. The van der Waals surface area contributed by atoms with Gasteiger partial charge in [-0.1, -0.05) is 6.07 Å². The number of amides is 1. The van der Waals surface area contributed by atoms with E-state index in [1.165, 1.54) is 0 Å². The summed E-state index contributed by atoms with van der Waals surface area (Å²) in [6.45, 7) is 1.31. The highest BCUT2D eigenvalue weighted by Crippen LogP contribution is 2.41. The normalized spacial score (nSPS) is 14.9. The number of aliphatic hydroxyl groups is 1. The van der Waals surface area contributed by atoms with Gasteiger partial charge < -0.3 is 16.2 Å². The molecule has 0 unspecified atom stereocenters. The van der Waals surface area contributed by atoms with Gasteiger partial charge in [-0.05, 0) is 29.9 Å². The minimum absolute atomic E-state index is 0.113. The minimum Gasteiger partial charge on any atom is -0.395 e. The van der Waals surface area contributed by atoms with E-state index >= 15 is 0 Å². The zero-order chi connectivity index (χ0) is 12.3. The van der Waals surface area contributed by atoms with Gasteiger partial charge in [0.15, 0.2) is 0 Å². The Balaban J connectivity index is 2.14. The van der Waals surface area contributed by atoms with Crippen LogP contribution in [-0.2, 0) is 6.54 Å². The lowest BCUT2D eigenvalue weighted by Crippen LogP contribution is -2.19. The van der Waals surface area contributed by atoms with Gasteiger partial charge in [-0.2, -0.15) is 0 Å². The number of nitrogens with one attached hydrogen (secondary N) is 1. The molecule has 1 saturated carbocycles. The Kier molecular flexibility index (Phi) is 3.71. The van der Waals surface area contributed by atoms with E-state index in [-0.39, 0.29) is 6.61 Å². The third kappa shape index (κ3) is 3.01. The fourth-order valence-electron chi connectivity index (χ4n) is 1.85. The maximum Gasteiger partial charge on any atom is 0.267 e. The highest BCUT2D eigenvalue weighted by Gasteiger charge is 2.28. The third-order valence-electron chi connectivity index (χ3n) is 2.84. The molecule has 0 saturated heterocycles. The molecule has 1 heterocycles. The van der Waals surface area contributed by atoms with Crippen molar-refractivity contribution >= 4 is 5.91 Å². The Labute approximate surface area is 100 Å². The molecule has 0 radical (unpaired) electrons. The highest BCUT2D eigenvalue weighted by atomic mass is 16.3. The summed E-state index contributed by atoms with van der Waals surface area (Å²) in [6.07, 6.45) is 3.88. The molecule has 5 heteroatoms. The van der Waals surface area contributed by atoms with Crippen molar-refractivity contribution in [3.8, 4) is 0 Å². The van der Waals surface area contributed by atoms with Crippen LogP contribution < -0.4 is 11.1 Å². The Morgan fingerprint density at radius 1 is 1.59 bits per heavy atom. The fraction of sp³-hybridized carbons (Fsp3) is 0.500. The molecule has 1 aliphatic rings. The van der Waals surface area contributed by atoms with Gasteiger partial charge in [0, 0.05) is 19.3 Å². The van der Waals surface area contributed by atoms with Gasteiger partial charge in [-0.25, -0.2) is 0 Å². The lowest BCUT2D eigenvalue weighted by molar-refractivity contribution is 0.0994. The van der Waals surface area contributed by atoms with Gasteiger partial charge in [0.1, 0.15) is 5.69 Å². The molecular weight excluding hydrogens is 218 g/mol. The van der Waals surface area contributed by atoms with Crippen molar-refractivity contribution in [3.63, 3.8) is 0 Å². The number of rotatable bonds is 6. The van der Waals surface area contributed by atoms with Crippen LogP contribution in [0.3, 0.4) is 0 Å². The summed E-state index contributed by atoms with van der Waals surface area (Å²) in [4.78, 5) is 15.4. The lowest BCUT2D eigenvalue weighted by atomic mass is 10.1. The molecule has 2 rings (SSSR count). The highest BCUT2D eigenvalue weighted by molar-refractivity contribution is 5.92. The molecule has 17 heavy (non-hydrogen) atoms. The quantitative estimate of drug-likeness (QED) is 0.612. The zero-order valence-electron chi connectivity index (χ0n) is 9.65. The van der Waals surface area contributed by atoms with Crippen molar-refractivity contribution < 1.29 is 9.90 Å². The first-order valence-corrected chi connectivity index (χ1v) is 5.82. The Morgan fingerprint density at radius 2 is 2.35 bits per heavy atom. The predicted octanol–water partition coefficient (Wildman–Crippen LogP) is 0.140. The van der Waals surface area contributed by atoms with Gasteiger partial charge >= 0.3 is 0 Å². The van der Waals surface area contributed by atoms with E-state index in [9.17, 15) is 4.79 Å². The number of carbonyl (C=O) groups is 1. The van der Waals surface area contributed by atoms with Crippen molar-refractivity contribution in [2.75, 3.05) is 13.2 Å². The van der Waals surface area contributed by atoms with Crippen LogP contribution in [0.4, 0.5) is 0 Å². The summed E-state index contributed by atoms with van der Waals surface area (Å²) < 4.78 is 0. The van der Waals surface area contributed by atoms with Crippen LogP contribution in [0.1, 0.15) is 40.4 Å². The molecule has 0 aromatic carbocycles. The zero-order valence-corrected chi connectivity index (χ0v) is 9.65. The Bertz CT molecular complexity index is 416. The number of aliphatic hydroxyl groups excluding tert-OH is 1. The molecule has 92 valence electrons. The third-order valence-corrected chi connectivity index (χ3v) is 2.84. The van der Waals surface area contributed by atoms with E-state index in [0.717, 1.165) is 24.0 Å². The SMILES string of the molecule is NC(=O)c1ncc(CNCCO)cc1C1CC1. The molecular formula is C12H17N3O2. The summed E-state index contributed by atoms with van der Waals surface area (Å²) in [6, 6.07) is 2.00. The van der Waals surface area contributed by atoms with Gasteiger partial charge in [0.25, 0.3) is 5.91 Å². The molecule has 1 aliphatic carbocycles. The van der Waals surface area contributed by atoms with Crippen LogP contribution in [0.25, 0.3) is 0 Å². The smallest absolute Gasteiger partial charge is 0.267 e. The van der Waals surface area contributed by atoms with Crippen LogP contribution in [0.15, 0.2) is 12.3 Å². The molecule has 0 bridgehead atoms. The second-order valence-corrected chi connectivity index (χ2v) is 4.32. The van der Waals surface area contributed by atoms with E-state index in [1.807, 2.05) is 6.07 Å². The number of primary amides is 1. The van der Waals surface area contributed by atoms with E-state index < -0.39 is 5.91 Å². The Hall–Kier alpha value is -1.46. The van der Waals surface area contributed by atoms with Crippen LogP contribution in [0, 0.1) is 0 Å². The molecule has 1 fully saturated rings. The van der Waals surface area contributed by atoms with Crippen molar-refractivity contribution in [2.24, 2.45) is 5.73 Å². The van der Waals surface area contributed by atoms with Gasteiger partial charge in [-0.3, -0.25) is 9.78 Å². The molecule has 1 aromatic heterocycles. The van der Waals surface area contributed by atoms with E-state index in [2.05, 4.69) is 10.3 Å². The number of nitrogens with two attached hydrogens (primary N) is 1. The maximum absolute atomic E-state index is 11.2. The molecule has 0 spiro atoms. The Morgan fingerprint density at radius 3 is 2.94 bits per heavy atom. The minimum atomic E-state index is -0.457. The van der Waals surface area contributed by atoms with Gasteiger partial charge in [0.05, 0.1) is 6.61 Å². The van der Waals surface area contributed by atoms with Gasteiger partial charge in [0.2, 0.25) is 0 Å². The number of hydrogen-bond acceptors (Lipinski definition) is 4. The lowest BCUT2D eigenvalue weighted by Gasteiger charge is -2.08. The first-order valence-electron chi connectivity index (χ1n) is 5.82. The number of carbonyl (C=O) groups excluding carboxylic acids is 1. The summed E-state index contributed by atoms with van der Waals surface area (Å²) in [7, 11) is 0. The van der Waals surface area contributed by atoms with Crippen molar-refractivity contribution in [3.05, 3.63) is 29.1 Å². The summed E-state index contributed by atoms with van der Waals surface area (Å²) in [5.41, 5.74) is 7.69. The molecule has 1 amide bonds. The van der Waals surface area contributed by atoms with E-state index in [4.69, 9.17) is 10.8 Å². The number of hydrogen-bond donors (Lipinski definition) is 3. The van der Waals surface area contributed by atoms with E-state index in [0.29, 0.717) is 24.7 Å². The molecule has 0 aliphatic heterocycles. The van der Waals surface area contributed by atoms with Crippen molar-refractivity contribution in [1.29, 1.82) is 0 Å². The number of pyridine rings is 1. The van der Waals surface area contributed by atoms with Crippen molar-refractivity contribution in [2.45, 2.75) is 25.3 Å². The van der Waals surface area contributed by atoms with Crippen molar-refractivity contribution in [1.82, 2.24) is 10.3 Å². The summed E-state index contributed by atoms with van der Waals surface area (Å²) >= 11 is 0. The average Bonchev–Trinajstić information content (AvgIpc) is 3.13. The first kappa shape index (κ1) is 12.0. The van der Waals surface area contributed by atoms with Crippen LogP contribution in [-0.4, -0.2) is 29.1 Å². The summed E-state index contributed by atoms with van der Waals surface area (Å²) in [5.74, 6) is -0.00967. The van der Waals surface area contributed by atoms with Crippen LogP contribution in [0.5, 0.6) is 0 Å². The van der Waals surface area contributed by atoms with E-state index in [1.54, 1.807) is 6.20 Å². The topological polar surface area (TPSA) is 88.2 Å². The molecule has 1 aromatic rings. The standard InChI is InChI=1S/C12H17N3O2/c13-12(17)11-10(9-1-2-9)5-8(7-15-11)6-14-3-4-16/h5,7,9,14,16H,1-4,6H2,(H2,13,17). The van der Waals surface area contributed by atoms with Gasteiger partial charge in [-0.15, -0.1) is 0 Å². The number of aromatic nitrogens is 1. The molecule has 4 N–H and O–H groups in total.